The average Bonchev–Trinajstić information content (AvgIpc) is 2.71. The number of furan rings is 1. The van der Waals surface area contributed by atoms with E-state index < -0.39 is 0 Å². The summed E-state index contributed by atoms with van der Waals surface area (Å²) in [5.74, 6) is 0.830. The number of fused-ring (bicyclic) bond motifs is 1. The fraction of sp³-hybridized carbons (Fsp3) is 0.308. The lowest BCUT2D eigenvalue weighted by Crippen LogP contribution is -2.52. The average molecular weight is 230 g/mol. The highest BCUT2D eigenvalue weighted by atomic mass is 16.3. The highest BCUT2D eigenvalue weighted by Crippen LogP contribution is 2.23. The quantitative estimate of drug-likeness (QED) is 0.849. The molecule has 0 aliphatic carbocycles. The van der Waals surface area contributed by atoms with Crippen LogP contribution >= 0.6 is 0 Å². The first kappa shape index (κ1) is 10.4. The maximum atomic E-state index is 12.0. The van der Waals surface area contributed by atoms with Gasteiger partial charge in [0.25, 0.3) is 5.91 Å². The zero-order valence-electron chi connectivity index (χ0n) is 9.43. The lowest BCUT2D eigenvalue weighted by Gasteiger charge is -2.37. The second-order valence-electron chi connectivity index (χ2n) is 4.46. The van der Waals surface area contributed by atoms with Crippen molar-refractivity contribution < 1.29 is 9.21 Å². The van der Waals surface area contributed by atoms with Crippen molar-refractivity contribution in [2.45, 2.75) is 0 Å². The molecule has 88 valence electrons. The van der Waals surface area contributed by atoms with Crippen LogP contribution in [0.5, 0.6) is 0 Å². The lowest BCUT2D eigenvalue weighted by atomic mass is 10.0. The van der Waals surface area contributed by atoms with Crippen molar-refractivity contribution in [3.8, 4) is 0 Å². The maximum absolute atomic E-state index is 12.0. The highest BCUT2D eigenvalue weighted by Gasteiger charge is 2.31. The van der Waals surface area contributed by atoms with Gasteiger partial charge in [-0.15, -0.1) is 0 Å². The van der Waals surface area contributed by atoms with Crippen LogP contribution in [0.2, 0.25) is 0 Å². The van der Waals surface area contributed by atoms with Gasteiger partial charge < -0.3 is 15.1 Å². The van der Waals surface area contributed by atoms with Crippen LogP contribution < -0.4 is 5.73 Å². The van der Waals surface area contributed by atoms with E-state index in [0.717, 1.165) is 24.1 Å². The number of likely N-dealkylation sites (tertiary alicyclic amines) is 1. The molecule has 0 saturated carbocycles. The van der Waals surface area contributed by atoms with Gasteiger partial charge in [-0.3, -0.25) is 4.79 Å². The van der Waals surface area contributed by atoms with Crippen LogP contribution in [-0.4, -0.2) is 30.4 Å². The fourth-order valence-electron chi connectivity index (χ4n) is 2.13. The van der Waals surface area contributed by atoms with Gasteiger partial charge >= 0.3 is 0 Å². The van der Waals surface area contributed by atoms with E-state index >= 15 is 0 Å². The highest BCUT2D eigenvalue weighted by molar-refractivity contribution is 5.96. The number of hydrogen-bond donors (Lipinski definition) is 1. The summed E-state index contributed by atoms with van der Waals surface area (Å²) >= 11 is 0. The van der Waals surface area contributed by atoms with Crippen LogP contribution in [0, 0.1) is 5.92 Å². The molecule has 0 atom stereocenters. The number of rotatable bonds is 2. The Morgan fingerprint density at radius 3 is 2.88 bits per heavy atom. The second kappa shape index (κ2) is 3.89. The maximum Gasteiger partial charge on any atom is 0.289 e. The van der Waals surface area contributed by atoms with Gasteiger partial charge in [-0.2, -0.15) is 0 Å². The van der Waals surface area contributed by atoms with Gasteiger partial charge in [-0.05, 0) is 18.7 Å². The molecule has 1 saturated heterocycles. The third kappa shape index (κ3) is 1.70. The minimum atomic E-state index is -0.0362. The number of carbonyl (C=O) groups excluding carboxylic acids is 1. The molecule has 0 radical (unpaired) electrons. The van der Waals surface area contributed by atoms with E-state index in [1.54, 1.807) is 11.0 Å². The monoisotopic (exact) mass is 230 g/mol. The molecule has 4 heteroatoms. The zero-order chi connectivity index (χ0) is 11.8. The molecule has 1 aliphatic heterocycles. The molecule has 0 bridgehead atoms. The smallest absolute Gasteiger partial charge is 0.289 e. The predicted octanol–water partition coefficient (Wildman–Crippen LogP) is 1.46. The summed E-state index contributed by atoms with van der Waals surface area (Å²) in [6.07, 6.45) is 0. The summed E-state index contributed by atoms with van der Waals surface area (Å²) in [4.78, 5) is 13.8. The van der Waals surface area contributed by atoms with Gasteiger partial charge in [-0.1, -0.05) is 18.2 Å². The Morgan fingerprint density at radius 2 is 2.18 bits per heavy atom. The molecule has 3 rings (SSSR count). The third-order valence-electron chi connectivity index (χ3n) is 3.21. The lowest BCUT2D eigenvalue weighted by molar-refractivity contribution is 0.0485. The summed E-state index contributed by atoms with van der Waals surface area (Å²) in [7, 11) is 0. The van der Waals surface area contributed by atoms with E-state index in [0.29, 0.717) is 18.2 Å². The minimum absolute atomic E-state index is 0.0362. The van der Waals surface area contributed by atoms with Gasteiger partial charge in [0.1, 0.15) is 5.58 Å². The predicted molar refractivity (Wildman–Crippen MR) is 64.7 cm³/mol. The normalized spacial score (nSPS) is 16.2. The van der Waals surface area contributed by atoms with Crippen LogP contribution in [0.4, 0.5) is 0 Å². The van der Waals surface area contributed by atoms with Gasteiger partial charge in [0.2, 0.25) is 0 Å². The number of hydrogen-bond acceptors (Lipinski definition) is 3. The Hall–Kier alpha value is -1.81. The first-order valence-electron chi connectivity index (χ1n) is 5.76. The van der Waals surface area contributed by atoms with Crippen LogP contribution in [0.1, 0.15) is 10.6 Å². The number of benzene rings is 1. The molecule has 0 spiro atoms. The Labute approximate surface area is 99.0 Å². The van der Waals surface area contributed by atoms with Gasteiger partial charge in [0.15, 0.2) is 5.76 Å². The van der Waals surface area contributed by atoms with E-state index in [2.05, 4.69) is 0 Å². The van der Waals surface area contributed by atoms with Crippen LogP contribution in [0.25, 0.3) is 11.0 Å². The van der Waals surface area contributed by atoms with E-state index in [9.17, 15) is 4.79 Å². The van der Waals surface area contributed by atoms with E-state index in [-0.39, 0.29) is 5.91 Å². The van der Waals surface area contributed by atoms with Crippen molar-refractivity contribution in [3.63, 3.8) is 0 Å². The number of amides is 1. The zero-order valence-corrected chi connectivity index (χ0v) is 9.43. The number of nitrogens with zero attached hydrogens (tertiary/aromatic N) is 1. The van der Waals surface area contributed by atoms with Gasteiger partial charge in [-0.25, -0.2) is 0 Å². The molecule has 2 heterocycles. The molecule has 1 aromatic carbocycles. The van der Waals surface area contributed by atoms with Crippen LogP contribution in [-0.2, 0) is 0 Å². The van der Waals surface area contributed by atoms with Crippen molar-refractivity contribution in [2.24, 2.45) is 11.7 Å². The van der Waals surface area contributed by atoms with Gasteiger partial charge in [0.05, 0.1) is 0 Å². The molecule has 1 aliphatic rings. The molecule has 4 nitrogen and oxygen atoms in total. The largest absolute Gasteiger partial charge is 0.451 e. The first-order chi connectivity index (χ1) is 8.28. The van der Waals surface area contributed by atoms with E-state index in [1.165, 1.54) is 0 Å². The van der Waals surface area contributed by atoms with Crippen LogP contribution in [0.15, 0.2) is 34.7 Å². The fourth-order valence-corrected chi connectivity index (χ4v) is 2.13. The standard InChI is InChI=1S/C13H14N2O2/c14-6-9-7-15(8-9)13(16)12-5-10-3-1-2-4-11(10)17-12/h1-5,9H,6-8,14H2. The van der Waals surface area contributed by atoms with Crippen molar-refractivity contribution in [3.05, 3.63) is 36.1 Å². The van der Waals surface area contributed by atoms with Crippen molar-refractivity contribution >= 4 is 16.9 Å². The molecule has 17 heavy (non-hydrogen) atoms. The molecule has 1 aromatic heterocycles. The number of para-hydroxylation sites is 1. The molecular weight excluding hydrogens is 216 g/mol. The molecule has 1 fully saturated rings. The Morgan fingerprint density at radius 1 is 1.41 bits per heavy atom. The minimum Gasteiger partial charge on any atom is -0.451 e. The molecule has 2 N–H and O–H groups in total. The Bertz CT molecular complexity index is 522. The number of nitrogens with two attached hydrogens (primary N) is 1. The van der Waals surface area contributed by atoms with Crippen molar-refractivity contribution in [1.29, 1.82) is 0 Å². The molecule has 0 unspecified atom stereocenters. The summed E-state index contributed by atoms with van der Waals surface area (Å²) in [6, 6.07) is 9.43. The Kier molecular flexibility index (Phi) is 2.37. The third-order valence-corrected chi connectivity index (χ3v) is 3.21. The summed E-state index contributed by atoms with van der Waals surface area (Å²) in [6.45, 7) is 2.13. The first-order valence-corrected chi connectivity index (χ1v) is 5.76. The summed E-state index contributed by atoms with van der Waals surface area (Å²) < 4.78 is 5.53. The van der Waals surface area contributed by atoms with Gasteiger partial charge in [0, 0.05) is 24.4 Å². The summed E-state index contributed by atoms with van der Waals surface area (Å²) in [5.41, 5.74) is 6.29. The number of carbonyl (C=O) groups is 1. The summed E-state index contributed by atoms with van der Waals surface area (Å²) in [5, 5.41) is 0.965. The molecule has 1 amide bonds. The second-order valence-corrected chi connectivity index (χ2v) is 4.46. The topological polar surface area (TPSA) is 59.5 Å². The Balaban J connectivity index is 1.82. The van der Waals surface area contributed by atoms with Crippen LogP contribution in [0.3, 0.4) is 0 Å². The van der Waals surface area contributed by atoms with E-state index in [1.807, 2.05) is 24.3 Å². The van der Waals surface area contributed by atoms with E-state index in [4.69, 9.17) is 10.2 Å². The van der Waals surface area contributed by atoms with Crippen molar-refractivity contribution in [1.82, 2.24) is 4.90 Å². The van der Waals surface area contributed by atoms with Crippen molar-refractivity contribution in [2.75, 3.05) is 19.6 Å². The SMILES string of the molecule is NCC1CN(C(=O)c2cc3ccccc3o2)C1. The molecule has 2 aromatic rings. The molecular formula is C13H14N2O2.